The van der Waals surface area contributed by atoms with Gasteiger partial charge in [0.15, 0.2) is 0 Å². The van der Waals surface area contributed by atoms with Gasteiger partial charge < -0.3 is 10.2 Å². The Morgan fingerprint density at radius 1 is 1.40 bits per heavy atom. The number of carbonyl (C=O) groups is 1. The average Bonchev–Trinajstić information content (AvgIpc) is 2.86. The summed E-state index contributed by atoms with van der Waals surface area (Å²) in [4.78, 5) is 14.3. The molecule has 2 rings (SSSR count). The summed E-state index contributed by atoms with van der Waals surface area (Å²) in [5.41, 5.74) is 0. The molecule has 1 N–H and O–H groups in total. The van der Waals surface area contributed by atoms with Crippen LogP contribution in [0.5, 0.6) is 0 Å². The van der Waals surface area contributed by atoms with Crippen molar-refractivity contribution in [1.29, 1.82) is 0 Å². The first-order valence-electron chi connectivity index (χ1n) is 6.31. The molecule has 2 fully saturated rings. The highest BCUT2D eigenvalue weighted by atomic mass is 16.2. The summed E-state index contributed by atoms with van der Waals surface area (Å²) in [6.45, 7) is 5.99. The molecule has 86 valence electrons. The molecule has 1 amide bonds. The van der Waals surface area contributed by atoms with Crippen molar-refractivity contribution in [3.8, 4) is 0 Å². The molecule has 0 aromatic heterocycles. The summed E-state index contributed by atoms with van der Waals surface area (Å²) in [5.74, 6) is 0.661. The van der Waals surface area contributed by atoms with Crippen molar-refractivity contribution in [3.63, 3.8) is 0 Å². The fourth-order valence-corrected chi connectivity index (χ4v) is 3.03. The molecule has 15 heavy (non-hydrogen) atoms. The number of carbonyl (C=O) groups excluding carboxylic acids is 1. The van der Waals surface area contributed by atoms with E-state index in [1.807, 2.05) is 4.90 Å². The van der Waals surface area contributed by atoms with Crippen molar-refractivity contribution in [2.24, 2.45) is 5.92 Å². The second-order valence-electron chi connectivity index (χ2n) is 4.81. The van der Waals surface area contributed by atoms with Crippen molar-refractivity contribution in [3.05, 3.63) is 0 Å². The molecule has 3 atom stereocenters. The third-order valence-corrected chi connectivity index (χ3v) is 3.80. The summed E-state index contributed by atoms with van der Waals surface area (Å²) in [6.07, 6.45) is 4.61. The van der Waals surface area contributed by atoms with Crippen LogP contribution in [0.3, 0.4) is 0 Å². The van der Waals surface area contributed by atoms with E-state index >= 15 is 0 Å². The number of nitrogens with one attached hydrogen (secondary N) is 1. The maximum Gasteiger partial charge on any atom is 0.227 e. The fourth-order valence-electron chi connectivity index (χ4n) is 3.03. The lowest BCUT2D eigenvalue weighted by Crippen LogP contribution is -2.41. The molecule has 2 bridgehead atoms. The van der Waals surface area contributed by atoms with Gasteiger partial charge in [-0.2, -0.15) is 0 Å². The lowest BCUT2D eigenvalue weighted by molar-refractivity contribution is -0.136. The van der Waals surface area contributed by atoms with Crippen LogP contribution in [0, 0.1) is 5.92 Å². The van der Waals surface area contributed by atoms with E-state index in [-0.39, 0.29) is 5.92 Å². The molecule has 3 heteroatoms. The van der Waals surface area contributed by atoms with E-state index in [9.17, 15) is 4.79 Å². The number of rotatable bonds is 4. The third-order valence-electron chi connectivity index (χ3n) is 3.80. The van der Waals surface area contributed by atoms with E-state index in [0.29, 0.717) is 18.0 Å². The van der Waals surface area contributed by atoms with Gasteiger partial charge in [0, 0.05) is 25.2 Å². The SMILES string of the molecule is CCCN(CC)C(=O)C1CC2CCC1N2. The summed E-state index contributed by atoms with van der Waals surface area (Å²) in [7, 11) is 0. The Morgan fingerprint density at radius 3 is 2.67 bits per heavy atom. The lowest BCUT2D eigenvalue weighted by Gasteiger charge is -2.27. The van der Waals surface area contributed by atoms with Gasteiger partial charge in [-0.15, -0.1) is 0 Å². The molecule has 0 spiro atoms. The molecule has 0 aromatic rings. The zero-order valence-corrected chi connectivity index (χ0v) is 9.83. The van der Waals surface area contributed by atoms with E-state index < -0.39 is 0 Å². The van der Waals surface area contributed by atoms with Crippen LogP contribution in [0.15, 0.2) is 0 Å². The van der Waals surface area contributed by atoms with Crippen LogP contribution in [-0.4, -0.2) is 36.0 Å². The minimum Gasteiger partial charge on any atom is -0.343 e. The second-order valence-corrected chi connectivity index (χ2v) is 4.81. The van der Waals surface area contributed by atoms with Crippen LogP contribution in [-0.2, 0) is 4.79 Å². The average molecular weight is 210 g/mol. The van der Waals surface area contributed by atoms with Crippen LogP contribution in [0.1, 0.15) is 39.5 Å². The summed E-state index contributed by atoms with van der Waals surface area (Å²) < 4.78 is 0. The molecule has 3 unspecified atom stereocenters. The Hall–Kier alpha value is -0.570. The number of amides is 1. The molecular weight excluding hydrogens is 188 g/mol. The Morgan fingerprint density at radius 2 is 2.20 bits per heavy atom. The van der Waals surface area contributed by atoms with Crippen LogP contribution < -0.4 is 5.32 Å². The van der Waals surface area contributed by atoms with Gasteiger partial charge in [-0.3, -0.25) is 4.79 Å². The predicted octanol–water partition coefficient (Wildman–Crippen LogP) is 1.39. The zero-order chi connectivity index (χ0) is 10.8. The molecule has 0 radical (unpaired) electrons. The van der Waals surface area contributed by atoms with Crippen LogP contribution in [0.25, 0.3) is 0 Å². The van der Waals surface area contributed by atoms with E-state index in [1.165, 1.54) is 12.8 Å². The van der Waals surface area contributed by atoms with E-state index in [2.05, 4.69) is 19.2 Å². The largest absolute Gasteiger partial charge is 0.343 e. The first kappa shape index (κ1) is 10.9. The summed E-state index contributed by atoms with van der Waals surface area (Å²) in [5, 5.41) is 3.53. The monoisotopic (exact) mass is 210 g/mol. The number of fused-ring (bicyclic) bond motifs is 2. The number of hydrogen-bond donors (Lipinski definition) is 1. The smallest absolute Gasteiger partial charge is 0.227 e. The van der Waals surface area contributed by atoms with Crippen molar-refractivity contribution in [2.75, 3.05) is 13.1 Å². The van der Waals surface area contributed by atoms with Crippen molar-refractivity contribution in [1.82, 2.24) is 10.2 Å². The van der Waals surface area contributed by atoms with E-state index in [1.54, 1.807) is 0 Å². The van der Waals surface area contributed by atoms with Gasteiger partial charge >= 0.3 is 0 Å². The first-order valence-corrected chi connectivity index (χ1v) is 6.31. The molecule has 0 aromatic carbocycles. The van der Waals surface area contributed by atoms with Crippen molar-refractivity contribution < 1.29 is 4.79 Å². The molecule has 2 aliphatic heterocycles. The lowest BCUT2D eigenvalue weighted by atomic mass is 9.88. The number of nitrogens with zero attached hydrogens (tertiary/aromatic N) is 1. The minimum absolute atomic E-state index is 0.273. The normalized spacial score (nSPS) is 33.3. The van der Waals surface area contributed by atoms with Gasteiger partial charge in [0.05, 0.1) is 5.92 Å². The number of hydrogen-bond acceptors (Lipinski definition) is 2. The molecule has 2 heterocycles. The van der Waals surface area contributed by atoms with Crippen LogP contribution in [0.4, 0.5) is 0 Å². The molecule has 3 nitrogen and oxygen atoms in total. The molecule has 0 aliphatic carbocycles. The van der Waals surface area contributed by atoms with Gasteiger partial charge in [0.2, 0.25) is 5.91 Å². The zero-order valence-electron chi connectivity index (χ0n) is 9.83. The second kappa shape index (κ2) is 4.52. The topological polar surface area (TPSA) is 32.3 Å². The highest BCUT2D eigenvalue weighted by Gasteiger charge is 2.43. The Labute approximate surface area is 92.2 Å². The van der Waals surface area contributed by atoms with Crippen LogP contribution >= 0.6 is 0 Å². The Balaban J connectivity index is 1.95. The quantitative estimate of drug-likeness (QED) is 0.760. The standard InChI is InChI=1S/C12H22N2O/c1-3-7-14(4-2)12(15)10-8-9-5-6-11(10)13-9/h9-11,13H,3-8H2,1-2H3. The molecule has 2 aliphatic rings. The van der Waals surface area contributed by atoms with Gasteiger partial charge in [0.25, 0.3) is 0 Å². The van der Waals surface area contributed by atoms with Crippen molar-refractivity contribution >= 4 is 5.91 Å². The summed E-state index contributed by atoms with van der Waals surface area (Å²) >= 11 is 0. The fraction of sp³-hybridized carbons (Fsp3) is 0.917. The van der Waals surface area contributed by atoms with Gasteiger partial charge in [-0.05, 0) is 32.6 Å². The molecule has 0 saturated carbocycles. The maximum absolute atomic E-state index is 12.2. The highest BCUT2D eigenvalue weighted by molar-refractivity contribution is 5.80. The third kappa shape index (κ3) is 2.03. The molecule has 2 saturated heterocycles. The predicted molar refractivity (Wildman–Crippen MR) is 60.6 cm³/mol. The van der Waals surface area contributed by atoms with E-state index in [0.717, 1.165) is 25.9 Å². The minimum atomic E-state index is 0.273. The highest BCUT2D eigenvalue weighted by Crippen LogP contribution is 2.34. The Bertz CT molecular complexity index is 242. The first-order chi connectivity index (χ1) is 7.26. The van der Waals surface area contributed by atoms with E-state index in [4.69, 9.17) is 0 Å². The Kier molecular flexibility index (Phi) is 3.29. The van der Waals surface area contributed by atoms with Crippen molar-refractivity contribution in [2.45, 2.75) is 51.6 Å². The maximum atomic E-state index is 12.2. The molecular formula is C12H22N2O. The van der Waals surface area contributed by atoms with Gasteiger partial charge in [-0.1, -0.05) is 6.92 Å². The van der Waals surface area contributed by atoms with Gasteiger partial charge in [-0.25, -0.2) is 0 Å². The summed E-state index contributed by atoms with van der Waals surface area (Å²) in [6, 6.07) is 1.11. The van der Waals surface area contributed by atoms with Gasteiger partial charge in [0.1, 0.15) is 0 Å². The van der Waals surface area contributed by atoms with Crippen LogP contribution in [0.2, 0.25) is 0 Å².